The standard InChI is InChI=1S/C17H18O2/c1-17(2)14-11-7-6-10-13(14)16(19-17)15(18)12-8-4-3-5-9-12/h3-11,15-16,18H,1-2H3/t15-,16-/m0/s1. The number of fused-ring (bicyclic) bond motifs is 1. The van der Waals surface area contributed by atoms with Crippen LogP contribution in [0.1, 0.15) is 42.7 Å². The molecule has 2 aromatic rings. The number of benzene rings is 2. The molecule has 2 atom stereocenters. The zero-order chi connectivity index (χ0) is 13.5. The quantitative estimate of drug-likeness (QED) is 0.885. The first-order chi connectivity index (χ1) is 9.09. The zero-order valence-electron chi connectivity index (χ0n) is 11.2. The van der Waals surface area contributed by atoms with Crippen LogP contribution in [-0.4, -0.2) is 5.11 Å². The van der Waals surface area contributed by atoms with Gasteiger partial charge in [-0.3, -0.25) is 0 Å². The molecule has 19 heavy (non-hydrogen) atoms. The van der Waals surface area contributed by atoms with Gasteiger partial charge >= 0.3 is 0 Å². The molecule has 0 fully saturated rings. The molecular weight excluding hydrogens is 236 g/mol. The van der Waals surface area contributed by atoms with E-state index in [2.05, 4.69) is 6.07 Å². The summed E-state index contributed by atoms with van der Waals surface area (Å²) in [5.74, 6) is 0. The Morgan fingerprint density at radius 2 is 1.63 bits per heavy atom. The molecule has 2 heteroatoms. The fraction of sp³-hybridized carbons (Fsp3) is 0.294. The van der Waals surface area contributed by atoms with Crippen molar-refractivity contribution in [2.24, 2.45) is 0 Å². The van der Waals surface area contributed by atoms with Gasteiger partial charge in [-0.15, -0.1) is 0 Å². The molecule has 2 aromatic carbocycles. The molecule has 0 aromatic heterocycles. The lowest BCUT2D eigenvalue weighted by Crippen LogP contribution is -2.18. The van der Waals surface area contributed by atoms with Crippen molar-refractivity contribution in [3.8, 4) is 0 Å². The number of rotatable bonds is 2. The van der Waals surface area contributed by atoms with E-state index in [-0.39, 0.29) is 11.7 Å². The first kappa shape index (κ1) is 12.4. The molecule has 1 aliphatic rings. The summed E-state index contributed by atoms with van der Waals surface area (Å²) in [7, 11) is 0. The molecule has 98 valence electrons. The van der Waals surface area contributed by atoms with E-state index in [9.17, 15) is 5.11 Å². The van der Waals surface area contributed by atoms with Gasteiger partial charge in [0, 0.05) is 0 Å². The second kappa shape index (κ2) is 4.48. The monoisotopic (exact) mass is 254 g/mol. The van der Waals surface area contributed by atoms with Crippen molar-refractivity contribution in [2.45, 2.75) is 31.7 Å². The average molecular weight is 254 g/mol. The van der Waals surface area contributed by atoms with Crippen molar-refractivity contribution in [2.75, 3.05) is 0 Å². The molecule has 0 radical (unpaired) electrons. The summed E-state index contributed by atoms with van der Waals surface area (Å²) in [6.45, 7) is 4.09. The summed E-state index contributed by atoms with van der Waals surface area (Å²) in [6, 6.07) is 17.8. The van der Waals surface area contributed by atoms with Gasteiger partial charge in [-0.25, -0.2) is 0 Å². The van der Waals surface area contributed by atoms with Gasteiger partial charge in [0.05, 0.1) is 5.60 Å². The summed E-state index contributed by atoms with van der Waals surface area (Å²) < 4.78 is 6.09. The molecule has 0 unspecified atom stereocenters. The number of aliphatic hydroxyl groups is 1. The topological polar surface area (TPSA) is 29.5 Å². The molecule has 0 saturated carbocycles. The number of hydrogen-bond donors (Lipinski definition) is 1. The minimum atomic E-state index is -0.635. The Morgan fingerprint density at radius 1 is 1.00 bits per heavy atom. The Bertz CT molecular complexity index is 575. The largest absolute Gasteiger partial charge is 0.385 e. The van der Waals surface area contributed by atoms with Crippen LogP contribution in [0.25, 0.3) is 0 Å². The number of ether oxygens (including phenoxy) is 1. The Hall–Kier alpha value is -1.64. The minimum Gasteiger partial charge on any atom is -0.385 e. The zero-order valence-corrected chi connectivity index (χ0v) is 11.2. The third-order valence-corrected chi connectivity index (χ3v) is 3.77. The van der Waals surface area contributed by atoms with Crippen LogP contribution in [-0.2, 0) is 10.3 Å². The Labute approximate surface area is 113 Å². The molecule has 1 N–H and O–H groups in total. The third kappa shape index (κ3) is 2.07. The van der Waals surface area contributed by atoms with Crippen LogP contribution in [0.2, 0.25) is 0 Å². The van der Waals surface area contributed by atoms with Crippen LogP contribution in [0.5, 0.6) is 0 Å². The highest BCUT2D eigenvalue weighted by Gasteiger charge is 2.41. The van der Waals surface area contributed by atoms with Crippen LogP contribution in [0, 0.1) is 0 Å². The van der Waals surface area contributed by atoms with Crippen molar-refractivity contribution >= 4 is 0 Å². The van der Waals surface area contributed by atoms with Crippen molar-refractivity contribution in [1.82, 2.24) is 0 Å². The smallest absolute Gasteiger partial charge is 0.114 e. The van der Waals surface area contributed by atoms with Crippen LogP contribution in [0.15, 0.2) is 54.6 Å². The van der Waals surface area contributed by atoms with E-state index in [0.717, 1.165) is 16.7 Å². The molecule has 1 aliphatic heterocycles. The first-order valence-corrected chi connectivity index (χ1v) is 6.60. The fourth-order valence-electron chi connectivity index (χ4n) is 2.80. The van der Waals surface area contributed by atoms with Gasteiger partial charge in [0.1, 0.15) is 12.2 Å². The van der Waals surface area contributed by atoms with Crippen molar-refractivity contribution in [3.05, 3.63) is 71.3 Å². The molecule has 3 rings (SSSR count). The number of aliphatic hydroxyl groups excluding tert-OH is 1. The van der Waals surface area contributed by atoms with E-state index in [4.69, 9.17) is 4.74 Å². The summed E-state index contributed by atoms with van der Waals surface area (Å²) in [5.41, 5.74) is 2.79. The highest BCUT2D eigenvalue weighted by Crippen LogP contribution is 2.47. The van der Waals surface area contributed by atoms with E-state index in [1.165, 1.54) is 0 Å². The van der Waals surface area contributed by atoms with E-state index >= 15 is 0 Å². The molecule has 0 saturated heterocycles. The van der Waals surface area contributed by atoms with Gasteiger partial charge in [0.2, 0.25) is 0 Å². The van der Waals surface area contributed by atoms with Crippen LogP contribution in [0.3, 0.4) is 0 Å². The average Bonchev–Trinajstić information content (AvgIpc) is 2.72. The molecule has 1 heterocycles. The molecular formula is C17H18O2. The second-order valence-electron chi connectivity index (χ2n) is 5.49. The fourth-order valence-corrected chi connectivity index (χ4v) is 2.80. The van der Waals surface area contributed by atoms with Gasteiger partial charge in [-0.05, 0) is 30.5 Å². The first-order valence-electron chi connectivity index (χ1n) is 6.60. The minimum absolute atomic E-state index is 0.298. The number of hydrogen-bond acceptors (Lipinski definition) is 2. The van der Waals surface area contributed by atoms with Crippen LogP contribution >= 0.6 is 0 Å². The Kier molecular flexibility index (Phi) is 2.92. The second-order valence-corrected chi connectivity index (χ2v) is 5.49. The predicted octanol–water partition coefficient (Wildman–Crippen LogP) is 3.73. The van der Waals surface area contributed by atoms with Crippen LogP contribution < -0.4 is 0 Å². The SMILES string of the molecule is CC1(C)O[C@H]([C@@H](O)c2ccccc2)c2ccccc21. The van der Waals surface area contributed by atoms with Crippen molar-refractivity contribution < 1.29 is 9.84 Å². The Morgan fingerprint density at radius 3 is 2.37 bits per heavy atom. The highest BCUT2D eigenvalue weighted by atomic mass is 16.5. The lowest BCUT2D eigenvalue weighted by molar-refractivity contribution is -0.105. The Balaban J connectivity index is 2.00. The van der Waals surface area contributed by atoms with Gasteiger partial charge in [0.15, 0.2) is 0 Å². The van der Waals surface area contributed by atoms with E-state index in [1.54, 1.807) is 0 Å². The van der Waals surface area contributed by atoms with Gasteiger partial charge < -0.3 is 9.84 Å². The molecule has 2 nitrogen and oxygen atoms in total. The summed E-state index contributed by atoms with van der Waals surface area (Å²) >= 11 is 0. The molecule has 0 amide bonds. The maximum atomic E-state index is 10.6. The normalized spacial score (nSPS) is 21.9. The summed E-state index contributed by atoms with van der Waals surface area (Å²) in [5, 5.41) is 10.6. The molecule has 0 aliphatic carbocycles. The van der Waals surface area contributed by atoms with E-state index < -0.39 is 6.10 Å². The molecule has 0 bridgehead atoms. The lowest BCUT2D eigenvalue weighted by atomic mass is 9.92. The van der Waals surface area contributed by atoms with Crippen molar-refractivity contribution in [3.63, 3.8) is 0 Å². The predicted molar refractivity (Wildman–Crippen MR) is 74.7 cm³/mol. The van der Waals surface area contributed by atoms with Crippen molar-refractivity contribution in [1.29, 1.82) is 0 Å². The summed E-state index contributed by atoms with van der Waals surface area (Å²) in [4.78, 5) is 0. The highest BCUT2D eigenvalue weighted by molar-refractivity contribution is 5.39. The maximum Gasteiger partial charge on any atom is 0.114 e. The molecule has 0 spiro atoms. The third-order valence-electron chi connectivity index (χ3n) is 3.77. The summed E-state index contributed by atoms with van der Waals surface area (Å²) in [6.07, 6.45) is -0.933. The van der Waals surface area contributed by atoms with Gasteiger partial charge in [0.25, 0.3) is 0 Å². The van der Waals surface area contributed by atoms with Gasteiger partial charge in [-0.1, -0.05) is 54.6 Å². The van der Waals surface area contributed by atoms with Crippen LogP contribution in [0.4, 0.5) is 0 Å². The van der Waals surface area contributed by atoms with E-state index in [1.807, 2.05) is 62.4 Å². The van der Waals surface area contributed by atoms with E-state index in [0.29, 0.717) is 0 Å². The maximum absolute atomic E-state index is 10.6. The van der Waals surface area contributed by atoms with Gasteiger partial charge in [-0.2, -0.15) is 0 Å². The lowest BCUT2D eigenvalue weighted by Gasteiger charge is -2.23.